The van der Waals surface area contributed by atoms with E-state index in [0.717, 1.165) is 43.7 Å². The molecular weight excluding hydrogens is 418 g/mol. The van der Waals surface area contributed by atoms with E-state index < -0.39 is 11.1 Å². The minimum atomic E-state index is -0.507. The Morgan fingerprint density at radius 2 is 1.85 bits per heavy atom. The molecule has 0 bridgehead atoms. The van der Waals surface area contributed by atoms with Crippen molar-refractivity contribution < 1.29 is 9.53 Å². The van der Waals surface area contributed by atoms with Crippen molar-refractivity contribution in [1.29, 1.82) is 0 Å². The second kappa shape index (κ2) is 9.37. The normalized spacial score (nSPS) is 17.3. The Labute approximate surface area is 197 Å². The molecule has 1 aliphatic rings. The highest BCUT2D eigenvalue weighted by Gasteiger charge is 2.45. The van der Waals surface area contributed by atoms with Gasteiger partial charge >= 0.3 is 6.09 Å². The number of alkyl carbamates (subject to hydrolysis) is 1. The number of tetrazole rings is 1. The molecule has 9 heteroatoms. The van der Waals surface area contributed by atoms with Crippen LogP contribution in [0.1, 0.15) is 79.2 Å². The van der Waals surface area contributed by atoms with Gasteiger partial charge in [-0.2, -0.15) is 0 Å². The fraction of sp³-hybridized carbons (Fsp3) is 0.708. The van der Waals surface area contributed by atoms with Crippen molar-refractivity contribution in [2.45, 2.75) is 90.8 Å². The van der Waals surface area contributed by atoms with Crippen LogP contribution in [0.2, 0.25) is 0 Å². The second-order valence-corrected chi connectivity index (χ2v) is 11.4. The molecule has 33 heavy (non-hydrogen) atoms. The minimum Gasteiger partial charge on any atom is -0.444 e. The van der Waals surface area contributed by atoms with Gasteiger partial charge in [-0.25, -0.2) is 9.48 Å². The summed E-state index contributed by atoms with van der Waals surface area (Å²) in [7, 11) is 0. The van der Waals surface area contributed by atoms with Crippen molar-refractivity contribution in [3.63, 3.8) is 0 Å². The molecule has 0 aliphatic heterocycles. The molecule has 1 unspecified atom stereocenters. The van der Waals surface area contributed by atoms with Gasteiger partial charge in [0.2, 0.25) is 0 Å². The minimum absolute atomic E-state index is 0.0170. The predicted molar refractivity (Wildman–Crippen MR) is 127 cm³/mol. The summed E-state index contributed by atoms with van der Waals surface area (Å²) >= 11 is 0. The maximum absolute atomic E-state index is 12.1. The van der Waals surface area contributed by atoms with Crippen LogP contribution in [0.5, 0.6) is 0 Å². The molecule has 0 saturated heterocycles. The Bertz CT molecular complexity index is 926. The first-order valence-electron chi connectivity index (χ1n) is 11.7. The van der Waals surface area contributed by atoms with Gasteiger partial charge < -0.3 is 15.4 Å². The average molecular weight is 458 g/mol. The largest absolute Gasteiger partial charge is 0.444 e. The van der Waals surface area contributed by atoms with Crippen molar-refractivity contribution in [1.82, 2.24) is 35.8 Å². The van der Waals surface area contributed by atoms with Gasteiger partial charge in [0.25, 0.3) is 0 Å². The molecule has 1 atom stereocenters. The van der Waals surface area contributed by atoms with E-state index in [2.05, 4.69) is 58.8 Å². The third-order valence-electron chi connectivity index (χ3n) is 6.02. The lowest BCUT2D eigenvalue weighted by molar-refractivity contribution is 0.0515. The lowest BCUT2D eigenvalue weighted by Crippen LogP contribution is -2.48. The number of aromatic nitrogens is 5. The van der Waals surface area contributed by atoms with Crippen LogP contribution >= 0.6 is 0 Å². The Hall–Kier alpha value is -2.55. The molecule has 2 heterocycles. The number of amides is 1. The quantitative estimate of drug-likeness (QED) is 0.593. The summed E-state index contributed by atoms with van der Waals surface area (Å²) in [6.07, 6.45) is 5.14. The molecule has 2 N–H and O–H groups in total. The van der Waals surface area contributed by atoms with Crippen LogP contribution in [0.15, 0.2) is 24.4 Å². The monoisotopic (exact) mass is 457 g/mol. The smallest absolute Gasteiger partial charge is 0.407 e. The number of rotatable bonds is 9. The molecule has 2 aromatic heterocycles. The van der Waals surface area contributed by atoms with Crippen molar-refractivity contribution in [3.05, 3.63) is 35.9 Å². The Morgan fingerprint density at radius 1 is 1.12 bits per heavy atom. The summed E-state index contributed by atoms with van der Waals surface area (Å²) in [6, 6.07) is 5.98. The van der Waals surface area contributed by atoms with Gasteiger partial charge in [-0.1, -0.05) is 6.07 Å². The number of aryl methyl sites for hydroxylation is 1. The SMILES string of the molecule is CC(C)(C)OC(=O)NCC1(CNC(C)(CCc2ccccn2)c2nnnn2C(C)(C)C)CC1. The van der Waals surface area contributed by atoms with Gasteiger partial charge in [0, 0.05) is 30.4 Å². The zero-order chi connectivity index (χ0) is 24.3. The number of hydrogen-bond donors (Lipinski definition) is 2. The second-order valence-electron chi connectivity index (χ2n) is 11.4. The molecule has 0 radical (unpaired) electrons. The first-order chi connectivity index (χ1) is 15.3. The molecule has 1 amide bonds. The summed E-state index contributed by atoms with van der Waals surface area (Å²) in [5.41, 5.74) is -0.165. The third kappa shape index (κ3) is 6.96. The molecule has 1 fully saturated rings. The summed E-state index contributed by atoms with van der Waals surface area (Å²) in [5, 5.41) is 19.4. The summed E-state index contributed by atoms with van der Waals surface area (Å²) in [6.45, 7) is 15.4. The van der Waals surface area contributed by atoms with Gasteiger partial charge in [-0.05, 0) is 96.7 Å². The van der Waals surface area contributed by atoms with E-state index in [1.54, 1.807) is 0 Å². The number of carbonyl (C=O) groups is 1. The lowest BCUT2D eigenvalue weighted by atomic mass is 9.91. The number of carbonyl (C=O) groups excluding carboxylic acids is 1. The fourth-order valence-electron chi connectivity index (χ4n) is 3.74. The van der Waals surface area contributed by atoms with Gasteiger partial charge in [0.15, 0.2) is 5.82 Å². The molecule has 1 aliphatic carbocycles. The van der Waals surface area contributed by atoms with Crippen LogP contribution in [0.4, 0.5) is 4.79 Å². The zero-order valence-electron chi connectivity index (χ0n) is 21.1. The highest BCUT2D eigenvalue weighted by Crippen LogP contribution is 2.45. The molecule has 0 spiro atoms. The standard InChI is InChI=1S/C24H39N7O2/c1-21(2,3)31-19(28-29-30-31)23(7,12-11-18-10-8-9-15-25-18)27-17-24(13-14-24)16-26-20(32)33-22(4,5)6/h8-10,15,27H,11-14,16-17H2,1-7H3,(H,26,32). The molecule has 1 saturated carbocycles. The van der Waals surface area contributed by atoms with E-state index in [0.29, 0.717) is 6.54 Å². The Balaban J connectivity index is 1.72. The number of pyridine rings is 1. The van der Waals surface area contributed by atoms with Gasteiger partial charge in [-0.15, -0.1) is 5.10 Å². The van der Waals surface area contributed by atoms with Crippen molar-refractivity contribution in [2.24, 2.45) is 5.41 Å². The van der Waals surface area contributed by atoms with E-state index in [-0.39, 0.29) is 17.0 Å². The van der Waals surface area contributed by atoms with Gasteiger partial charge in [-0.3, -0.25) is 4.98 Å². The van der Waals surface area contributed by atoms with Crippen LogP contribution in [-0.4, -0.2) is 50.0 Å². The molecule has 9 nitrogen and oxygen atoms in total. The van der Waals surface area contributed by atoms with Crippen LogP contribution in [-0.2, 0) is 22.2 Å². The number of hydrogen-bond acceptors (Lipinski definition) is 7. The highest BCUT2D eigenvalue weighted by molar-refractivity contribution is 5.67. The molecule has 182 valence electrons. The Kier molecular flexibility index (Phi) is 7.12. The topological polar surface area (TPSA) is 107 Å². The van der Waals surface area contributed by atoms with Gasteiger partial charge in [0.1, 0.15) is 5.60 Å². The molecule has 3 rings (SSSR count). The maximum Gasteiger partial charge on any atom is 0.407 e. The average Bonchev–Trinajstić information content (AvgIpc) is 3.30. The fourth-order valence-corrected chi connectivity index (χ4v) is 3.74. The summed E-state index contributed by atoms with van der Waals surface area (Å²) in [4.78, 5) is 16.6. The van der Waals surface area contributed by atoms with Crippen LogP contribution in [0.3, 0.4) is 0 Å². The summed E-state index contributed by atoms with van der Waals surface area (Å²) < 4.78 is 7.30. The first kappa shape index (κ1) is 25.1. The predicted octanol–water partition coefficient (Wildman–Crippen LogP) is 3.57. The van der Waals surface area contributed by atoms with E-state index in [9.17, 15) is 4.79 Å². The highest BCUT2D eigenvalue weighted by atomic mass is 16.6. The summed E-state index contributed by atoms with van der Waals surface area (Å²) in [5.74, 6) is 0.807. The molecule has 2 aromatic rings. The zero-order valence-corrected chi connectivity index (χ0v) is 21.1. The first-order valence-corrected chi connectivity index (χ1v) is 11.7. The molecule has 0 aromatic carbocycles. The number of nitrogens with zero attached hydrogens (tertiary/aromatic N) is 5. The molecular formula is C24H39N7O2. The van der Waals surface area contributed by atoms with Crippen LogP contribution in [0, 0.1) is 5.41 Å². The van der Waals surface area contributed by atoms with E-state index in [4.69, 9.17) is 4.74 Å². The van der Waals surface area contributed by atoms with Crippen molar-refractivity contribution in [3.8, 4) is 0 Å². The van der Waals surface area contributed by atoms with E-state index >= 15 is 0 Å². The number of ether oxygens (including phenoxy) is 1. The van der Waals surface area contributed by atoms with Gasteiger partial charge in [0.05, 0.1) is 11.1 Å². The van der Waals surface area contributed by atoms with E-state index in [1.807, 2.05) is 49.8 Å². The van der Waals surface area contributed by atoms with E-state index in [1.165, 1.54) is 0 Å². The lowest BCUT2D eigenvalue weighted by Gasteiger charge is -2.34. The number of nitrogens with one attached hydrogen (secondary N) is 2. The van der Waals surface area contributed by atoms with Crippen molar-refractivity contribution >= 4 is 6.09 Å². The third-order valence-corrected chi connectivity index (χ3v) is 6.02. The van der Waals surface area contributed by atoms with Crippen LogP contribution < -0.4 is 10.6 Å². The Morgan fingerprint density at radius 3 is 2.42 bits per heavy atom. The van der Waals surface area contributed by atoms with Crippen LogP contribution in [0.25, 0.3) is 0 Å². The maximum atomic E-state index is 12.1. The van der Waals surface area contributed by atoms with Crippen molar-refractivity contribution in [2.75, 3.05) is 13.1 Å².